The topological polar surface area (TPSA) is 38.5 Å². The second-order valence-electron chi connectivity index (χ2n) is 6.08. The van der Waals surface area contributed by atoms with Crippen LogP contribution in [0.3, 0.4) is 0 Å². The molecule has 1 aliphatic heterocycles. The molecule has 0 aromatic rings. The summed E-state index contributed by atoms with van der Waals surface area (Å²) in [6.07, 6.45) is 4.15. The van der Waals surface area contributed by atoms with Crippen LogP contribution in [0.15, 0.2) is 0 Å². The van der Waals surface area contributed by atoms with E-state index in [0.717, 1.165) is 19.7 Å². The Morgan fingerprint density at radius 1 is 1.44 bits per heavy atom. The number of hydrogen-bond donors (Lipinski definition) is 1. The molecule has 94 valence electrons. The van der Waals surface area contributed by atoms with Crippen molar-refractivity contribution in [1.82, 2.24) is 4.90 Å². The zero-order chi connectivity index (χ0) is 11.8. The van der Waals surface area contributed by atoms with Crippen LogP contribution in [0.1, 0.15) is 40.0 Å². The van der Waals surface area contributed by atoms with E-state index in [2.05, 4.69) is 25.7 Å². The summed E-state index contributed by atoms with van der Waals surface area (Å²) in [4.78, 5) is 2.57. The molecule has 2 fully saturated rings. The highest BCUT2D eigenvalue weighted by Gasteiger charge is 2.39. The van der Waals surface area contributed by atoms with Crippen LogP contribution in [0.25, 0.3) is 0 Å². The molecule has 0 aromatic carbocycles. The van der Waals surface area contributed by atoms with Crippen LogP contribution >= 0.6 is 0 Å². The second kappa shape index (κ2) is 4.63. The van der Waals surface area contributed by atoms with E-state index in [-0.39, 0.29) is 0 Å². The molecule has 0 amide bonds. The maximum atomic E-state index is 6.25. The molecule has 16 heavy (non-hydrogen) atoms. The predicted octanol–water partition coefficient (Wildman–Crippen LogP) is 1.61. The number of hydrogen-bond acceptors (Lipinski definition) is 3. The fraction of sp³-hybridized carbons (Fsp3) is 1.00. The lowest BCUT2D eigenvalue weighted by atomic mass is 9.84. The van der Waals surface area contributed by atoms with E-state index in [9.17, 15) is 0 Å². The Kier molecular flexibility index (Phi) is 3.57. The summed E-state index contributed by atoms with van der Waals surface area (Å²) >= 11 is 0. The van der Waals surface area contributed by atoms with Crippen molar-refractivity contribution in [2.75, 3.05) is 19.7 Å². The molecule has 2 rings (SSSR count). The van der Waals surface area contributed by atoms with Gasteiger partial charge in [-0.25, -0.2) is 0 Å². The minimum atomic E-state index is 0.325. The number of morpholine rings is 1. The van der Waals surface area contributed by atoms with Crippen LogP contribution in [0.4, 0.5) is 0 Å². The molecule has 1 heterocycles. The number of rotatable bonds is 2. The van der Waals surface area contributed by atoms with Gasteiger partial charge >= 0.3 is 0 Å². The van der Waals surface area contributed by atoms with Crippen molar-refractivity contribution in [2.45, 2.75) is 58.2 Å². The molecule has 0 spiro atoms. The standard InChI is InChI=1S/C13H26N2O/c1-10-8-16-11(2)7-15(10)9-13(3)6-4-5-12(13)14/h10-12H,4-9,14H2,1-3H3. The normalized spacial score (nSPS) is 46.1. The van der Waals surface area contributed by atoms with Crippen LogP contribution in [0, 0.1) is 5.41 Å². The lowest BCUT2D eigenvalue weighted by Gasteiger charge is -2.42. The van der Waals surface area contributed by atoms with Gasteiger partial charge in [0.1, 0.15) is 0 Å². The number of nitrogens with zero attached hydrogens (tertiary/aromatic N) is 1. The van der Waals surface area contributed by atoms with Gasteiger partial charge < -0.3 is 10.5 Å². The van der Waals surface area contributed by atoms with Gasteiger partial charge in [0, 0.05) is 25.2 Å². The fourth-order valence-electron chi connectivity index (χ4n) is 3.11. The van der Waals surface area contributed by atoms with E-state index >= 15 is 0 Å². The van der Waals surface area contributed by atoms with Crippen molar-refractivity contribution in [3.05, 3.63) is 0 Å². The first-order valence-electron chi connectivity index (χ1n) is 6.62. The Hall–Kier alpha value is -0.120. The monoisotopic (exact) mass is 226 g/mol. The smallest absolute Gasteiger partial charge is 0.0674 e. The zero-order valence-corrected chi connectivity index (χ0v) is 10.9. The van der Waals surface area contributed by atoms with Crippen LogP contribution in [0.2, 0.25) is 0 Å². The Morgan fingerprint density at radius 2 is 2.19 bits per heavy atom. The minimum Gasteiger partial charge on any atom is -0.376 e. The molecule has 1 aliphatic carbocycles. The molecule has 3 heteroatoms. The van der Waals surface area contributed by atoms with Gasteiger partial charge in [-0.2, -0.15) is 0 Å². The first-order chi connectivity index (χ1) is 7.51. The maximum Gasteiger partial charge on any atom is 0.0674 e. The summed E-state index contributed by atoms with van der Waals surface area (Å²) in [5.41, 5.74) is 6.58. The minimum absolute atomic E-state index is 0.325. The third kappa shape index (κ3) is 2.41. The quantitative estimate of drug-likeness (QED) is 0.777. The van der Waals surface area contributed by atoms with Gasteiger partial charge in [-0.1, -0.05) is 13.3 Å². The average molecular weight is 226 g/mol. The van der Waals surface area contributed by atoms with E-state index in [1.54, 1.807) is 0 Å². The number of ether oxygens (including phenoxy) is 1. The first-order valence-corrected chi connectivity index (χ1v) is 6.62. The predicted molar refractivity (Wildman–Crippen MR) is 66.4 cm³/mol. The molecular formula is C13H26N2O. The lowest BCUT2D eigenvalue weighted by molar-refractivity contribution is -0.0623. The molecule has 4 unspecified atom stereocenters. The second-order valence-corrected chi connectivity index (χ2v) is 6.08. The van der Waals surface area contributed by atoms with Gasteiger partial charge in [0.15, 0.2) is 0 Å². The Labute approximate surface area is 99.3 Å². The summed E-state index contributed by atoms with van der Waals surface area (Å²) in [5, 5.41) is 0. The third-order valence-corrected chi connectivity index (χ3v) is 4.46. The van der Waals surface area contributed by atoms with Crippen molar-refractivity contribution in [3.63, 3.8) is 0 Å². The maximum absolute atomic E-state index is 6.25. The van der Waals surface area contributed by atoms with Crippen molar-refractivity contribution >= 4 is 0 Å². The summed E-state index contributed by atoms with van der Waals surface area (Å²) in [6.45, 7) is 9.85. The highest BCUT2D eigenvalue weighted by atomic mass is 16.5. The lowest BCUT2D eigenvalue weighted by Crippen LogP contribution is -2.53. The largest absolute Gasteiger partial charge is 0.376 e. The summed E-state index contributed by atoms with van der Waals surface area (Å²) < 4.78 is 5.67. The molecule has 1 saturated carbocycles. The molecule has 2 N–H and O–H groups in total. The van der Waals surface area contributed by atoms with Crippen molar-refractivity contribution in [3.8, 4) is 0 Å². The molecule has 2 aliphatic rings. The Morgan fingerprint density at radius 3 is 2.81 bits per heavy atom. The molecule has 3 nitrogen and oxygen atoms in total. The third-order valence-electron chi connectivity index (χ3n) is 4.46. The van der Waals surface area contributed by atoms with Gasteiger partial charge in [0.05, 0.1) is 12.7 Å². The highest BCUT2D eigenvalue weighted by molar-refractivity contribution is 4.95. The SMILES string of the molecule is CC1CN(CC2(C)CCCC2N)C(C)CO1. The fourth-order valence-corrected chi connectivity index (χ4v) is 3.11. The van der Waals surface area contributed by atoms with E-state index in [4.69, 9.17) is 10.5 Å². The van der Waals surface area contributed by atoms with E-state index in [1.165, 1.54) is 19.3 Å². The van der Waals surface area contributed by atoms with Gasteiger partial charge in [0.2, 0.25) is 0 Å². The van der Waals surface area contributed by atoms with Crippen LogP contribution < -0.4 is 5.73 Å². The molecule has 1 saturated heterocycles. The first kappa shape index (κ1) is 12.3. The van der Waals surface area contributed by atoms with Crippen LogP contribution in [-0.2, 0) is 4.74 Å². The van der Waals surface area contributed by atoms with Gasteiger partial charge in [-0.05, 0) is 32.1 Å². The van der Waals surface area contributed by atoms with Gasteiger partial charge in [-0.15, -0.1) is 0 Å². The summed E-state index contributed by atoms with van der Waals surface area (Å²) in [5.74, 6) is 0. The Bertz CT molecular complexity index is 246. The van der Waals surface area contributed by atoms with E-state index in [0.29, 0.717) is 23.6 Å². The van der Waals surface area contributed by atoms with Gasteiger partial charge in [-0.3, -0.25) is 4.90 Å². The summed E-state index contributed by atoms with van der Waals surface area (Å²) in [6, 6.07) is 0.929. The van der Waals surface area contributed by atoms with Crippen LogP contribution in [-0.4, -0.2) is 42.8 Å². The molecule has 0 aromatic heterocycles. The molecule has 4 atom stereocenters. The summed E-state index contributed by atoms with van der Waals surface area (Å²) in [7, 11) is 0. The average Bonchev–Trinajstić information content (AvgIpc) is 2.53. The zero-order valence-electron chi connectivity index (χ0n) is 10.9. The van der Waals surface area contributed by atoms with E-state index in [1.807, 2.05) is 0 Å². The molecular weight excluding hydrogens is 200 g/mol. The van der Waals surface area contributed by atoms with Gasteiger partial charge in [0.25, 0.3) is 0 Å². The van der Waals surface area contributed by atoms with Crippen molar-refractivity contribution in [1.29, 1.82) is 0 Å². The van der Waals surface area contributed by atoms with Crippen molar-refractivity contribution < 1.29 is 4.74 Å². The van der Waals surface area contributed by atoms with Crippen molar-refractivity contribution in [2.24, 2.45) is 11.1 Å². The van der Waals surface area contributed by atoms with E-state index < -0.39 is 0 Å². The molecule has 0 bridgehead atoms. The van der Waals surface area contributed by atoms with Crippen LogP contribution in [0.5, 0.6) is 0 Å². The molecule has 0 radical (unpaired) electrons. The number of nitrogens with two attached hydrogens (primary N) is 1. The Balaban J connectivity index is 1.97. The highest BCUT2D eigenvalue weighted by Crippen LogP contribution is 2.38.